The van der Waals surface area contributed by atoms with E-state index in [4.69, 9.17) is 23.2 Å². The van der Waals surface area contributed by atoms with Gasteiger partial charge in [-0.25, -0.2) is 4.98 Å². The fourth-order valence-corrected chi connectivity index (χ4v) is 2.62. The van der Waals surface area contributed by atoms with Gasteiger partial charge in [-0.3, -0.25) is 0 Å². The highest BCUT2D eigenvalue weighted by molar-refractivity contribution is 7.11. The maximum atomic E-state index is 9.17. The Balaban J connectivity index is 2.45. The van der Waals surface area contributed by atoms with Crippen molar-refractivity contribution < 1.29 is 0 Å². The van der Waals surface area contributed by atoms with E-state index in [1.54, 1.807) is 24.3 Å². The Morgan fingerprint density at radius 3 is 2.78 bits per heavy atom. The van der Waals surface area contributed by atoms with Gasteiger partial charge in [0.05, 0.1) is 5.57 Å². The summed E-state index contributed by atoms with van der Waals surface area (Å²) in [7, 11) is 0. The molecule has 0 amide bonds. The van der Waals surface area contributed by atoms with Crippen LogP contribution in [0.15, 0.2) is 23.6 Å². The third-order valence-corrected chi connectivity index (χ3v) is 3.79. The highest BCUT2D eigenvalue weighted by Crippen LogP contribution is 2.26. The van der Waals surface area contributed by atoms with E-state index < -0.39 is 0 Å². The first-order valence-electron chi connectivity index (χ1n) is 5.09. The van der Waals surface area contributed by atoms with Gasteiger partial charge in [-0.2, -0.15) is 5.26 Å². The van der Waals surface area contributed by atoms with Gasteiger partial charge in [0.25, 0.3) is 0 Å². The van der Waals surface area contributed by atoms with E-state index in [2.05, 4.69) is 11.1 Å². The topological polar surface area (TPSA) is 36.7 Å². The molecule has 1 aromatic carbocycles. The molecule has 2 aromatic rings. The second kappa shape index (κ2) is 5.53. The molecule has 0 bridgehead atoms. The Hall–Kier alpha value is -1.34. The zero-order chi connectivity index (χ0) is 13.1. The summed E-state index contributed by atoms with van der Waals surface area (Å²) in [5.41, 5.74) is 2.15. The van der Waals surface area contributed by atoms with E-state index in [0.29, 0.717) is 20.6 Å². The summed E-state index contributed by atoms with van der Waals surface area (Å²) in [5, 5.41) is 12.9. The van der Waals surface area contributed by atoms with Crippen molar-refractivity contribution in [3.05, 3.63) is 49.9 Å². The van der Waals surface area contributed by atoms with E-state index in [9.17, 15) is 5.26 Å². The van der Waals surface area contributed by atoms with Gasteiger partial charge in [-0.05, 0) is 30.7 Å². The van der Waals surface area contributed by atoms with Crippen LogP contribution in [-0.2, 0) is 0 Å². The molecule has 2 rings (SSSR count). The van der Waals surface area contributed by atoms with Crippen LogP contribution >= 0.6 is 34.5 Å². The number of rotatable bonds is 2. The van der Waals surface area contributed by atoms with Crippen molar-refractivity contribution in [1.29, 1.82) is 5.26 Å². The van der Waals surface area contributed by atoms with E-state index in [-0.39, 0.29) is 0 Å². The molecule has 0 radical (unpaired) electrons. The molecule has 0 unspecified atom stereocenters. The number of aryl methyl sites for hydroxylation is 1. The van der Waals surface area contributed by atoms with E-state index in [1.165, 1.54) is 11.3 Å². The number of aromatic nitrogens is 1. The predicted octanol–water partition coefficient (Wildman–Crippen LogP) is 4.82. The zero-order valence-corrected chi connectivity index (χ0v) is 11.8. The van der Waals surface area contributed by atoms with E-state index in [1.807, 2.05) is 12.3 Å². The van der Waals surface area contributed by atoms with Crippen LogP contribution in [-0.4, -0.2) is 4.98 Å². The second-order valence-corrected chi connectivity index (χ2v) is 5.33. The molecule has 0 saturated carbocycles. The van der Waals surface area contributed by atoms with Crippen LogP contribution in [0.25, 0.3) is 11.6 Å². The van der Waals surface area contributed by atoms with Crippen molar-refractivity contribution in [3.63, 3.8) is 0 Å². The highest BCUT2D eigenvalue weighted by atomic mass is 35.5. The highest BCUT2D eigenvalue weighted by Gasteiger charge is 2.07. The van der Waals surface area contributed by atoms with Crippen molar-refractivity contribution in [3.8, 4) is 6.07 Å². The van der Waals surface area contributed by atoms with Gasteiger partial charge in [0.2, 0.25) is 0 Å². The fraction of sp³-hybridized carbons (Fsp3) is 0.0769. The second-order valence-electron chi connectivity index (χ2n) is 3.63. The lowest BCUT2D eigenvalue weighted by Gasteiger charge is -1.99. The average molecular weight is 295 g/mol. The molecule has 0 aliphatic carbocycles. The summed E-state index contributed by atoms with van der Waals surface area (Å²) >= 11 is 13.3. The molecule has 2 nitrogen and oxygen atoms in total. The summed E-state index contributed by atoms with van der Waals surface area (Å²) < 4.78 is 0. The van der Waals surface area contributed by atoms with Gasteiger partial charge in [0, 0.05) is 21.1 Å². The number of nitrogens with zero attached hydrogens (tertiary/aromatic N) is 2. The average Bonchev–Trinajstić information content (AvgIpc) is 2.75. The van der Waals surface area contributed by atoms with Crippen molar-refractivity contribution in [1.82, 2.24) is 4.98 Å². The maximum absolute atomic E-state index is 9.17. The first kappa shape index (κ1) is 13.1. The van der Waals surface area contributed by atoms with E-state index in [0.717, 1.165) is 11.3 Å². The molecule has 90 valence electrons. The Bertz CT molecular complexity index is 653. The minimum absolute atomic E-state index is 0.498. The molecule has 1 heterocycles. The predicted molar refractivity (Wildman–Crippen MR) is 76.8 cm³/mol. The number of benzene rings is 1. The van der Waals surface area contributed by atoms with Crippen molar-refractivity contribution in [2.24, 2.45) is 0 Å². The van der Waals surface area contributed by atoms with Crippen LogP contribution in [0.2, 0.25) is 10.0 Å². The minimum Gasteiger partial charge on any atom is -0.241 e. The fourth-order valence-electron chi connectivity index (χ4n) is 1.39. The molecule has 5 heteroatoms. The minimum atomic E-state index is 0.498. The van der Waals surface area contributed by atoms with Crippen LogP contribution in [0.4, 0.5) is 0 Å². The van der Waals surface area contributed by atoms with Gasteiger partial charge >= 0.3 is 0 Å². The third kappa shape index (κ3) is 2.91. The lowest BCUT2D eigenvalue weighted by Crippen LogP contribution is -1.82. The molecule has 0 aliphatic heterocycles. The van der Waals surface area contributed by atoms with Gasteiger partial charge in [0.1, 0.15) is 11.1 Å². The third-order valence-electron chi connectivity index (χ3n) is 2.23. The molecule has 1 aromatic heterocycles. The zero-order valence-electron chi connectivity index (χ0n) is 9.45. The number of halogens is 2. The molecule has 0 aliphatic rings. The molecule has 18 heavy (non-hydrogen) atoms. The van der Waals surface area contributed by atoms with E-state index >= 15 is 0 Å². The summed E-state index contributed by atoms with van der Waals surface area (Å²) in [4.78, 5) is 4.28. The standard InChI is InChI=1S/C13H8Cl2N2S/c1-8-7-18-13(17-8)10(6-16)4-9-2-3-11(14)5-12(9)15/h2-5,7H,1H3/b10-4+. The summed E-state index contributed by atoms with van der Waals surface area (Å²) in [6.45, 7) is 1.89. The first-order valence-corrected chi connectivity index (χ1v) is 6.73. The molecule has 0 saturated heterocycles. The van der Waals surface area contributed by atoms with Crippen molar-refractivity contribution in [2.75, 3.05) is 0 Å². The summed E-state index contributed by atoms with van der Waals surface area (Å²) in [6.07, 6.45) is 1.72. The van der Waals surface area contributed by atoms with Crippen LogP contribution in [0.1, 0.15) is 16.3 Å². The summed E-state index contributed by atoms with van der Waals surface area (Å²) in [5.74, 6) is 0. The first-order chi connectivity index (χ1) is 8.60. The Morgan fingerprint density at radius 2 is 2.22 bits per heavy atom. The molecule has 0 N–H and O–H groups in total. The van der Waals surface area contributed by atoms with Crippen LogP contribution in [0.3, 0.4) is 0 Å². The lowest BCUT2D eigenvalue weighted by atomic mass is 10.1. The maximum Gasteiger partial charge on any atom is 0.134 e. The number of hydrogen-bond acceptors (Lipinski definition) is 3. The number of hydrogen-bond donors (Lipinski definition) is 0. The number of nitriles is 1. The van der Waals surface area contributed by atoms with Gasteiger partial charge in [0.15, 0.2) is 0 Å². The SMILES string of the molecule is Cc1csc(/C(C#N)=C/c2ccc(Cl)cc2Cl)n1. The quantitative estimate of drug-likeness (QED) is 0.744. The molecule has 0 fully saturated rings. The smallest absolute Gasteiger partial charge is 0.134 e. The van der Waals surface area contributed by atoms with Crippen molar-refractivity contribution in [2.45, 2.75) is 6.92 Å². The molecular weight excluding hydrogens is 287 g/mol. The molecule has 0 atom stereocenters. The normalized spacial score (nSPS) is 11.3. The van der Waals surface area contributed by atoms with Crippen molar-refractivity contribution >= 4 is 46.2 Å². The number of thiazole rings is 1. The van der Waals surface area contributed by atoms with Gasteiger partial charge < -0.3 is 0 Å². The van der Waals surface area contributed by atoms with Gasteiger partial charge in [-0.15, -0.1) is 11.3 Å². The van der Waals surface area contributed by atoms with Crippen LogP contribution in [0, 0.1) is 18.3 Å². The van der Waals surface area contributed by atoms with Crippen LogP contribution in [0.5, 0.6) is 0 Å². The largest absolute Gasteiger partial charge is 0.241 e. The molecular formula is C13H8Cl2N2S. The lowest BCUT2D eigenvalue weighted by molar-refractivity contribution is 1.25. The monoisotopic (exact) mass is 294 g/mol. The van der Waals surface area contributed by atoms with Gasteiger partial charge in [-0.1, -0.05) is 29.3 Å². The Kier molecular flexibility index (Phi) is 4.03. The number of allylic oxidation sites excluding steroid dienone is 1. The summed E-state index contributed by atoms with van der Waals surface area (Å²) in [6, 6.07) is 7.31. The molecule has 0 spiro atoms. The Morgan fingerprint density at radius 1 is 1.44 bits per heavy atom. The van der Waals surface area contributed by atoms with Crippen LogP contribution < -0.4 is 0 Å². The Labute approximate surface area is 119 Å².